The zero-order chi connectivity index (χ0) is 17.8. The summed E-state index contributed by atoms with van der Waals surface area (Å²) in [4.78, 5) is 35.0. The van der Waals surface area contributed by atoms with E-state index < -0.39 is 18.0 Å². The summed E-state index contributed by atoms with van der Waals surface area (Å²) in [5, 5.41) is 7.40. The molecule has 7 nitrogen and oxygen atoms in total. The van der Waals surface area contributed by atoms with E-state index in [1.807, 2.05) is 25.1 Å². The quantitative estimate of drug-likeness (QED) is 0.725. The Morgan fingerprint density at radius 2 is 1.96 bits per heavy atom. The first kappa shape index (κ1) is 16.5. The molecule has 1 fully saturated rings. The molecule has 0 aromatic heterocycles. The number of anilines is 1. The highest BCUT2D eigenvalue weighted by atomic mass is 16.5. The number of imide groups is 1. The lowest BCUT2D eigenvalue weighted by Gasteiger charge is -2.11. The Morgan fingerprint density at radius 1 is 1.16 bits per heavy atom. The van der Waals surface area contributed by atoms with Crippen LogP contribution in [0.1, 0.15) is 17.2 Å². The summed E-state index contributed by atoms with van der Waals surface area (Å²) < 4.78 is 5.45. The molecular weight excluding hydrogens is 322 g/mol. The third-order valence-electron chi connectivity index (χ3n) is 3.64. The summed E-state index contributed by atoms with van der Waals surface area (Å²) in [6.07, 6.45) is 0. The number of hydrogen-bond donors (Lipinski definition) is 3. The highest BCUT2D eigenvalue weighted by Gasteiger charge is 2.30. The maximum absolute atomic E-state index is 12.0. The minimum atomic E-state index is -0.757. The molecule has 1 atom stereocenters. The molecule has 128 valence electrons. The number of hydrogen-bond acceptors (Lipinski definition) is 4. The van der Waals surface area contributed by atoms with Gasteiger partial charge in [-0.3, -0.25) is 14.9 Å². The summed E-state index contributed by atoms with van der Waals surface area (Å²) in [5.74, 6) is -0.121. The number of nitrogens with one attached hydrogen (secondary N) is 3. The monoisotopic (exact) mass is 339 g/mol. The summed E-state index contributed by atoms with van der Waals surface area (Å²) in [6.45, 7) is 1.81. The number of carbonyl (C=O) groups excluding carboxylic acids is 3. The second-order valence-electron chi connectivity index (χ2n) is 5.67. The lowest BCUT2D eigenvalue weighted by atomic mass is 10.1. The first-order valence-electron chi connectivity index (χ1n) is 7.72. The molecule has 1 aliphatic rings. The maximum atomic E-state index is 12.0. The molecule has 1 unspecified atom stereocenters. The number of benzene rings is 2. The first-order valence-corrected chi connectivity index (χ1v) is 7.72. The van der Waals surface area contributed by atoms with E-state index in [4.69, 9.17) is 4.74 Å². The number of amides is 4. The van der Waals surface area contributed by atoms with Crippen LogP contribution in [-0.2, 0) is 9.59 Å². The molecular formula is C18H17N3O4. The average Bonchev–Trinajstić information content (AvgIpc) is 2.92. The molecule has 2 aromatic carbocycles. The van der Waals surface area contributed by atoms with Gasteiger partial charge in [-0.15, -0.1) is 0 Å². The van der Waals surface area contributed by atoms with Crippen molar-refractivity contribution in [2.45, 2.75) is 13.0 Å². The van der Waals surface area contributed by atoms with Gasteiger partial charge in [-0.25, -0.2) is 4.79 Å². The van der Waals surface area contributed by atoms with E-state index in [1.165, 1.54) is 0 Å². The Balaban J connectivity index is 1.61. The van der Waals surface area contributed by atoms with Crippen molar-refractivity contribution in [3.05, 3.63) is 59.7 Å². The van der Waals surface area contributed by atoms with Crippen LogP contribution in [-0.4, -0.2) is 24.5 Å². The van der Waals surface area contributed by atoms with Crippen LogP contribution < -0.4 is 20.7 Å². The van der Waals surface area contributed by atoms with E-state index >= 15 is 0 Å². The van der Waals surface area contributed by atoms with Crippen LogP contribution in [0.5, 0.6) is 5.75 Å². The lowest BCUT2D eigenvalue weighted by molar-refractivity contribution is -0.120. The largest absolute Gasteiger partial charge is 0.484 e. The van der Waals surface area contributed by atoms with Gasteiger partial charge in [0.2, 0.25) is 0 Å². The number of carbonyl (C=O) groups is 3. The Bertz CT molecular complexity index is 835. The molecule has 0 aliphatic carbocycles. The molecule has 1 heterocycles. The molecule has 7 heteroatoms. The Kier molecular flexibility index (Phi) is 4.65. The Morgan fingerprint density at radius 3 is 2.68 bits per heavy atom. The van der Waals surface area contributed by atoms with Gasteiger partial charge in [0.25, 0.3) is 11.8 Å². The molecule has 1 saturated heterocycles. The van der Waals surface area contributed by atoms with E-state index in [2.05, 4.69) is 16.0 Å². The first-order chi connectivity index (χ1) is 12.0. The second-order valence-corrected chi connectivity index (χ2v) is 5.67. The van der Waals surface area contributed by atoms with Gasteiger partial charge in [-0.1, -0.05) is 24.3 Å². The molecule has 0 spiro atoms. The van der Waals surface area contributed by atoms with E-state index in [0.29, 0.717) is 17.0 Å². The fourth-order valence-corrected chi connectivity index (χ4v) is 2.50. The number of ether oxygens (including phenoxy) is 1. The molecule has 0 saturated carbocycles. The molecule has 2 aromatic rings. The zero-order valence-corrected chi connectivity index (χ0v) is 13.5. The van der Waals surface area contributed by atoms with Crippen molar-refractivity contribution in [2.75, 3.05) is 11.9 Å². The molecule has 3 N–H and O–H groups in total. The zero-order valence-electron chi connectivity index (χ0n) is 13.5. The van der Waals surface area contributed by atoms with Gasteiger partial charge in [0.1, 0.15) is 11.8 Å². The van der Waals surface area contributed by atoms with Gasteiger partial charge >= 0.3 is 6.03 Å². The van der Waals surface area contributed by atoms with Crippen LogP contribution in [0, 0.1) is 6.92 Å². The smallest absolute Gasteiger partial charge is 0.322 e. The predicted octanol–water partition coefficient (Wildman–Crippen LogP) is 1.89. The van der Waals surface area contributed by atoms with E-state index in [-0.39, 0.29) is 12.5 Å². The van der Waals surface area contributed by atoms with Gasteiger partial charge < -0.3 is 15.4 Å². The summed E-state index contributed by atoms with van der Waals surface area (Å²) in [7, 11) is 0. The molecule has 1 aliphatic heterocycles. The molecule has 3 rings (SSSR count). The average molecular weight is 339 g/mol. The summed E-state index contributed by atoms with van der Waals surface area (Å²) >= 11 is 0. The number of aryl methyl sites for hydroxylation is 1. The van der Waals surface area contributed by atoms with Crippen molar-refractivity contribution in [3.63, 3.8) is 0 Å². The number of urea groups is 1. The highest BCUT2D eigenvalue weighted by Crippen LogP contribution is 2.20. The van der Waals surface area contributed by atoms with Crippen LogP contribution in [0.25, 0.3) is 0 Å². The summed E-state index contributed by atoms with van der Waals surface area (Å²) in [5.41, 5.74) is 2.15. The van der Waals surface area contributed by atoms with Crippen molar-refractivity contribution < 1.29 is 19.1 Å². The minimum Gasteiger partial charge on any atom is -0.484 e. The highest BCUT2D eigenvalue weighted by molar-refractivity contribution is 6.04. The SMILES string of the molecule is Cc1cccc(OCC(=O)Nc2cccc(C3NC(=O)NC3=O)c2)c1. The third kappa shape index (κ3) is 4.14. The lowest BCUT2D eigenvalue weighted by Crippen LogP contribution is -2.22. The number of rotatable bonds is 5. The topological polar surface area (TPSA) is 96.5 Å². The summed E-state index contributed by atoms with van der Waals surface area (Å²) in [6, 6.07) is 12.9. The van der Waals surface area contributed by atoms with Gasteiger partial charge in [0.05, 0.1) is 0 Å². The fraction of sp³-hybridized carbons (Fsp3) is 0.167. The van der Waals surface area contributed by atoms with E-state index in [9.17, 15) is 14.4 Å². The Hall–Kier alpha value is -3.35. The van der Waals surface area contributed by atoms with Crippen LogP contribution in [0.15, 0.2) is 48.5 Å². The standard InChI is InChI=1S/C18H17N3O4/c1-11-4-2-7-14(8-11)25-10-15(22)19-13-6-3-5-12(9-13)16-17(23)21-18(24)20-16/h2-9,16H,10H2,1H3,(H,19,22)(H2,20,21,23,24). The van der Waals surface area contributed by atoms with Crippen LogP contribution in [0.2, 0.25) is 0 Å². The normalized spacial score (nSPS) is 16.1. The van der Waals surface area contributed by atoms with Gasteiger partial charge in [0.15, 0.2) is 6.61 Å². The van der Waals surface area contributed by atoms with E-state index in [1.54, 1.807) is 30.3 Å². The van der Waals surface area contributed by atoms with Gasteiger partial charge in [0, 0.05) is 5.69 Å². The third-order valence-corrected chi connectivity index (χ3v) is 3.64. The van der Waals surface area contributed by atoms with Gasteiger partial charge in [-0.2, -0.15) is 0 Å². The Labute approximate surface area is 144 Å². The molecule has 4 amide bonds. The van der Waals surface area contributed by atoms with Crippen molar-refractivity contribution in [2.24, 2.45) is 0 Å². The van der Waals surface area contributed by atoms with Crippen molar-refractivity contribution >= 4 is 23.5 Å². The van der Waals surface area contributed by atoms with Gasteiger partial charge in [-0.05, 0) is 42.3 Å². The minimum absolute atomic E-state index is 0.131. The second kappa shape index (κ2) is 7.04. The van der Waals surface area contributed by atoms with Crippen molar-refractivity contribution in [1.82, 2.24) is 10.6 Å². The molecule has 25 heavy (non-hydrogen) atoms. The van der Waals surface area contributed by atoms with Crippen LogP contribution in [0.4, 0.5) is 10.5 Å². The predicted molar refractivity (Wildman–Crippen MR) is 91.2 cm³/mol. The molecule has 0 radical (unpaired) electrons. The molecule has 0 bridgehead atoms. The van der Waals surface area contributed by atoms with Crippen molar-refractivity contribution in [3.8, 4) is 5.75 Å². The fourth-order valence-electron chi connectivity index (χ4n) is 2.50. The van der Waals surface area contributed by atoms with Crippen LogP contribution >= 0.6 is 0 Å². The van der Waals surface area contributed by atoms with E-state index in [0.717, 1.165) is 5.56 Å². The van der Waals surface area contributed by atoms with Crippen LogP contribution in [0.3, 0.4) is 0 Å². The van der Waals surface area contributed by atoms with Crippen molar-refractivity contribution in [1.29, 1.82) is 0 Å². The maximum Gasteiger partial charge on any atom is 0.322 e.